The smallest absolute Gasteiger partial charge is 0.262 e. The fourth-order valence-corrected chi connectivity index (χ4v) is 7.32. The lowest BCUT2D eigenvalue weighted by molar-refractivity contribution is -0.124. The number of anilines is 1. The summed E-state index contributed by atoms with van der Waals surface area (Å²) in [5, 5.41) is 6.53. The molecule has 3 heterocycles. The molecule has 4 aromatic rings. The van der Waals surface area contributed by atoms with Crippen molar-refractivity contribution < 1.29 is 19.1 Å². The maximum Gasteiger partial charge on any atom is 0.262 e. The minimum atomic E-state index is -1.65. The summed E-state index contributed by atoms with van der Waals surface area (Å²) in [7, 11) is 0. The van der Waals surface area contributed by atoms with Crippen LogP contribution in [-0.2, 0) is 15.1 Å². The van der Waals surface area contributed by atoms with Gasteiger partial charge in [-0.15, -0.1) is 11.3 Å². The summed E-state index contributed by atoms with van der Waals surface area (Å²) in [5.74, 6) is -0.482. The third-order valence-electron chi connectivity index (χ3n) is 8.22. The van der Waals surface area contributed by atoms with Crippen molar-refractivity contribution in [2.24, 2.45) is 11.5 Å². The number of carbonyl (C=O) groups excluding carboxylic acids is 3. The molecule has 6 rings (SSSR count). The third-order valence-corrected chi connectivity index (χ3v) is 9.48. The molecule has 2 aliphatic carbocycles. The molecule has 43 heavy (non-hydrogen) atoms. The maximum atomic E-state index is 14.2. The van der Waals surface area contributed by atoms with E-state index < -0.39 is 17.4 Å². The normalized spacial score (nSPS) is 22.8. The third kappa shape index (κ3) is 4.73. The van der Waals surface area contributed by atoms with Gasteiger partial charge in [0, 0.05) is 58.8 Å². The van der Waals surface area contributed by atoms with Gasteiger partial charge in [0.15, 0.2) is 5.78 Å². The number of hydrogen-bond donors (Lipinski definition) is 5. The van der Waals surface area contributed by atoms with Crippen molar-refractivity contribution in [3.63, 3.8) is 0 Å². The zero-order valence-corrected chi connectivity index (χ0v) is 24.2. The number of nitrogens with one attached hydrogen (secondary N) is 2. The van der Waals surface area contributed by atoms with Gasteiger partial charge in [0.25, 0.3) is 5.91 Å². The second-order valence-electron chi connectivity index (χ2n) is 10.8. The first-order chi connectivity index (χ1) is 20.6. The zero-order valence-electron chi connectivity index (χ0n) is 23.4. The Balaban J connectivity index is 1.40. The molecule has 3 aromatic heterocycles. The van der Waals surface area contributed by atoms with E-state index in [1.54, 1.807) is 42.6 Å². The van der Waals surface area contributed by atoms with Crippen LogP contribution < -0.4 is 32.6 Å². The van der Waals surface area contributed by atoms with Gasteiger partial charge in [-0.3, -0.25) is 14.4 Å². The second-order valence-corrected chi connectivity index (χ2v) is 11.9. The van der Waals surface area contributed by atoms with Crippen molar-refractivity contribution in [2.45, 2.75) is 49.9 Å². The summed E-state index contributed by atoms with van der Waals surface area (Å²) in [6, 6.07) is 8.67. The van der Waals surface area contributed by atoms with Crippen molar-refractivity contribution >= 4 is 44.7 Å². The van der Waals surface area contributed by atoms with E-state index in [1.165, 1.54) is 23.6 Å². The molecular weight excluding hydrogens is 566 g/mol. The Morgan fingerprint density at radius 2 is 1.88 bits per heavy atom. The Morgan fingerprint density at radius 3 is 2.58 bits per heavy atom. The SMILES string of the molecule is C=CC(=O)N[C@H]1CCC[C@H]1NC(=O)c1sc2c(N)ccc3c2c1C(N)C(=O)C3(N)c1cnc(Oc2ccccn2)cc1C. The van der Waals surface area contributed by atoms with Gasteiger partial charge < -0.3 is 32.6 Å². The molecule has 0 spiro atoms. The number of benzene rings is 1. The summed E-state index contributed by atoms with van der Waals surface area (Å²) in [6.07, 6.45) is 6.61. The van der Waals surface area contributed by atoms with Crippen LogP contribution in [0.3, 0.4) is 0 Å². The van der Waals surface area contributed by atoms with E-state index in [2.05, 4.69) is 27.2 Å². The van der Waals surface area contributed by atoms with Crippen molar-refractivity contribution in [1.29, 1.82) is 0 Å². The van der Waals surface area contributed by atoms with Gasteiger partial charge in [-0.1, -0.05) is 18.7 Å². The molecule has 2 aliphatic rings. The Bertz CT molecular complexity index is 1790. The molecule has 1 fully saturated rings. The van der Waals surface area contributed by atoms with Crippen LogP contribution in [0.5, 0.6) is 11.8 Å². The zero-order chi connectivity index (χ0) is 30.5. The number of nitrogen functional groups attached to an aromatic ring is 1. The molecule has 12 heteroatoms. The number of rotatable bonds is 7. The first-order valence-electron chi connectivity index (χ1n) is 13.9. The van der Waals surface area contributed by atoms with Crippen LogP contribution in [0.4, 0.5) is 5.69 Å². The number of thiophene rings is 1. The van der Waals surface area contributed by atoms with E-state index >= 15 is 0 Å². The molecule has 1 saturated carbocycles. The number of aryl methyl sites for hydroxylation is 1. The minimum absolute atomic E-state index is 0.229. The van der Waals surface area contributed by atoms with Crippen LogP contribution in [0.25, 0.3) is 10.1 Å². The predicted octanol–water partition coefficient (Wildman–Crippen LogP) is 3.11. The van der Waals surface area contributed by atoms with Crippen LogP contribution in [0.15, 0.2) is 61.4 Å². The lowest BCUT2D eigenvalue weighted by Crippen LogP contribution is -2.53. The van der Waals surface area contributed by atoms with Crippen molar-refractivity contribution in [3.05, 3.63) is 88.6 Å². The topological polar surface area (TPSA) is 188 Å². The first-order valence-corrected chi connectivity index (χ1v) is 14.7. The molecule has 0 aliphatic heterocycles. The predicted molar refractivity (Wildman–Crippen MR) is 164 cm³/mol. The summed E-state index contributed by atoms with van der Waals surface area (Å²) < 4.78 is 6.40. The van der Waals surface area contributed by atoms with Gasteiger partial charge in [-0.2, -0.15) is 0 Å². The summed E-state index contributed by atoms with van der Waals surface area (Å²) >= 11 is 1.18. The van der Waals surface area contributed by atoms with E-state index in [1.807, 2.05) is 6.92 Å². The average molecular weight is 598 g/mol. The van der Waals surface area contributed by atoms with Gasteiger partial charge in [-0.05, 0) is 55.5 Å². The molecular formula is C31H31N7O4S. The highest BCUT2D eigenvalue weighted by molar-refractivity contribution is 7.21. The van der Waals surface area contributed by atoms with Crippen LogP contribution in [-0.4, -0.2) is 39.6 Å². The number of hydrogen-bond acceptors (Lipinski definition) is 10. The lowest BCUT2D eigenvalue weighted by atomic mass is 9.70. The molecule has 2 amide bonds. The van der Waals surface area contributed by atoms with Gasteiger partial charge >= 0.3 is 0 Å². The van der Waals surface area contributed by atoms with Crippen LogP contribution >= 0.6 is 11.3 Å². The number of nitrogens with two attached hydrogens (primary N) is 3. The maximum absolute atomic E-state index is 14.2. The number of Topliss-reactive ketones (excluding diaryl/α,β-unsaturated/α-hetero) is 1. The Labute approximate surface area is 251 Å². The van der Waals surface area contributed by atoms with Gasteiger partial charge in [-0.25, -0.2) is 9.97 Å². The molecule has 1 aromatic carbocycles. The molecule has 220 valence electrons. The largest absolute Gasteiger partial charge is 0.421 e. The standard InChI is InChI=1S/C31H31N7O4S/c1-3-21(39)37-19-7-6-8-20(19)38-30(41)28-25-24-16(10-11-18(32)27(24)43-28)31(34,29(40)26(25)33)17-14-36-23(13-15(17)2)42-22-9-4-5-12-35-22/h3-5,9-14,19-20,26H,1,6-8,32-34H2,2H3,(H,37,39)(H,38,41)/t19-,20+,26?,31?/m0/s1. The molecule has 8 N–H and O–H groups in total. The van der Waals surface area contributed by atoms with Crippen molar-refractivity contribution in [2.75, 3.05) is 5.73 Å². The van der Waals surface area contributed by atoms with Crippen LogP contribution in [0.1, 0.15) is 57.2 Å². The number of nitrogens with zero attached hydrogens (tertiary/aromatic N) is 2. The molecule has 11 nitrogen and oxygen atoms in total. The van der Waals surface area contributed by atoms with E-state index in [0.717, 1.165) is 12.8 Å². The fourth-order valence-electron chi connectivity index (χ4n) is 6.12. The van der Waals surface area contributed by atoms with E-state index in [0.29, 0.717) is 61.1 Å². The highest BCUT2D eigenvalue weighted by atomic mass is 32.1. The number of ether oxygens (including phenoxy) is 1. The highest BCUT2D eigenvalue weighted by Crippen LogP contribution is 2.50. The molecule has 0 bridgehead atoms. The average Bonchev–Trinajstić information content (AvgIpc) is 3.61. The fraction of sp³-hybridized carbons (Fsp3) is 0.258. The number of pyridine rings is 2. The van der Waals surface area contributed by atoms with Crippen molar-refractivity contribution in [1.82, 2.24) is 20.6 Å². The number of carbonyl (C=O) groups is 3. The molecule has 0 saturated heterocycles. The Morgan fingerprint density at radius 1 is 1.12 bits per heavy atom. The van der Waals surface area contributed by atoms with Crippen LogP contribution in [0.2, 0.25) is 0 Å². The van der Waals surface area contributed by atoms with Gasteiger partial charge in [0.2, 0.25) is 17.7 Å². The summed E-state index contributed by atoms with van der Waals surface area (Å²) in [6.45, 7) is 5.32. The summed E-state index contributed by atoms with van der Waals surface area (Å²) in [5.41, 5.74) is 20.9. The highest BCUT2D eigenvalue weighted by Gasteiger charge is 2.49. The van der Waals surface area contributed by atoms with Crippen LogP contribution in [0, 0.1) is 6.92 Å². The lowest BCUT2D eigenvalue weighted by Gasteiger charge is -2.37. The Hall–Kier alpha value is -4.65. The quantitative estimate of drug-likeness (QED) is 0.157. The Kier molecular flexibility index (Phi) is 7.20. The molecule has 2 unspecified atom stereocenters. The number of amides is 2. The number of ketones is 1. The summed E-state index contributed by atoms with van der Waals surface area (Å²) in [4.78, 5) is 48.7. The minimum Gasteiger partial charge on any atom is -0.421 e. The second kappa shape index (κ2) is 10.9. The van der Waals surface area contributed by atoms with Gasteiger partial charge in [0.1, 0.15) is 5.54 Å². The number of aromatic nitrogens is 2. The van der Waals surface area contributed by atoms with Crippen molar-refractivity contribution in [3.8, 4) is 11.8 Å². The monoisotopic (exact) mass is 597 g/mol. The van der Waals surface area contributed by atoms with E-state index in [-0.39, 0.29) is 23.9 Å². The van der Waals surface area contributed by atoms with Gasteiger partial charge in [0.05, 0.1) is 15.6 Å². The molecule has 4 atom stereocenters. The molecule has 0 radical (unpaired) electrons. The van der Waals surface area contributed by atoms with E-state index in [4.69, 9.17) is 21.9 Å². The first kappa shape index (κ1) is 28.5. The van der Waals surface area contributed by atoms with E-state index in [9.17, 15) is 14.4 Å².